The van der Waals surface area contributed by atoms with Crippen molar-refractivity contribution in [3.63, 3.8) is 0 Å². The van der Waals surface area contributed by atoms with Gasteiger partial charge in [-0.1, -0.05) is 30.3 Å². The Hall–Kier alpha value is -2.67. The number of carbonyl (C=O) groups excluding carboxylic acids is 2. The lowest BCUT2D eigenvalue weighted by Crippen LogP contribution is -2.53. The highest BCUT2D eigenvalue weighted by atomic mass is 16.5. The van der Waals surface area contributed by atoms with E-state index in [0.717, 1.165) is 11.4 Å². The van der Waals surface area contributed by atoms with Gasteiger partial charge in [-0.05, 0) is 12.5 Å². The molecule has 0 aliphatic carbocycles. The number of amides is 2. The second kappa shape index (κ2) is 6.92. The third-order valence-corrected chi connectivity index (χ3v) is 5.16. The number of aromatic nitrogens is 2. The summed E-state index contributed by atoms with van der Waals surface area (Å²) >= 11 is 0. The van der Waals surface area contributed by atoms with E-state index in [1.165, 1.54) is 0 Å². The molecule has 4 rings (SSSR count). The molecule has 3 heterocycles. The Labute approximate surface area is 152 Å². The number of carbonyl (C=O) groups is 2. The number of fused-ring (bicyclic) bond motifs is 1. The fourth-order valence-corrected chi connectivity index (χ4v) is 3.67. The number of hydrogen-bond donors (Lipinski definition) is 0. The lowest BCUT2D eigenvalue weighted by Gasteiger charge is -2.36. The zero-order valence-corrected chi connectivity index (χ0v) is 14.7. The van der Waals surface area contributed by atoms with Gasteiger partial charge in [0.2, 0.25) is 11.8 Å². The van der Waals surface area contributed by atoms with Crippen molar-refractivity contribution in [1.82, 2.24) is 19.4 Å². The molecule has 26 heavy (non-hydrogen) atoms. The third-order valence-electron chi connectivity index (χ3n) is 5.16. The largest absolute Gasteiger partial charge is 0.364 e. The normalized spacial score (nSPS) is 22.6. The first-order valence-corrected chi connectivity index (χ1v) is 8.82. The van der Waals surface area contributed by atoms with Gasteiger partial charge in [0.05, 0.1) is 12.1 Å². The van der Waals surface area contributed by atoms with Crippen molar-refractivity contribution < 1.29 is 14.3 Å². The maximum atomic E-state index is 12.7. The summed E-state index contributed by atoms with van der Waals surface area (Å²) in [5, 5.41) is 0. The summed E-state index contributed by atoms with van der Waals surface area (Å²) in [5.41, 5.74) is 1.08. The van der Waals surface area contributed by atoms with Gasteiger partial charge in [0.25, 0.3) is 0 Å². The lowest BCUT2D eigenvalue weighted by atomic mass is 10.1. The van der Waals surface area contributed by atoms with Crippen molar-refractivity contribution in [1.29, 1.82) is 0 Å². The number of nitrogens with zero attached hydrogens (tertiary/aromatic N) is 4. The average molecular weight is 354 g/mol. The highest BCUT2D eigenvalue weighted by molar-refractivity contribution is 5.80. The fourth-order valence-electron chi connectivity index (χ4n) is 3.67. The van der Waals surface area contributed by atoms with Crippen LogP contribution in [0.5, 0.6) is 0 Å². The monoisotopic (exact) mass is 354 g/mol. The molecule has 0 saturated carbocycles. The number of imidazole rings is 1. The Morgan fingerprint density at radius 1 is 1.27 bits per heavy atom. The predicted molar refractivity (Wildman–Crippen MR) is 94.1 cm³/mol. The molecule has 2 saturated heterocycles. The average Bonchev–Trinajstić information content (AvgIpc) is 3.25. The summed E-state index contributed by atoms with van der Waals surface area (Å²) in [6.45, 7) is 3.80. The van der Waals surface area contributed by atoms with Crippen LogP contribution in [0.1, 0.15) is 11.4 Å². The van der Waals surface area contributed by atoms with Crippen LogP contribution in [0.25, 0.3) is 0 Å². The maximum Gasteiger partial charge on any atom is 0.249 e. The molecule has 1 aromatic heterocycles. The number of hydrogen-bond acceptors (Lipinski definition) is 4. The van der Waals surface area contributed by atoms with E-state index in [0.29, 0.717) is 19.6 Å². The van der Waals surface area contributed by atoms with Gasteiger partial charge in [0.15, 0.2) is 0 Å². The molecule has 0 radical (unpaired) electrons. The smallest absolute Gasteiger partial charge is 0.249 e. The SMILES string of the molecule is Cc1nccn1CC(=O)N1C[C@@H]2OCC(=O)N(Cc3ccccc3)[C@H]2C1. The molecule has 0 unspecified atom stereocenters. The molecular formula is C19H22N4O3. The van der Waals surface area contributed by atoms with Crippen molar-refractivity contribution in [3.05, 3.63) is 54.1 Å². The number of benzene rings is 1. The third kappa shape index (κ3) is 3.22. The van der Waals surface area contributed by atoms with Crippen LogP contribution in [-0.2, 0) is 27.4 Å². The van der Waals surface area contributed by atoms with Crippen molar-refractivity contribution in [2.45, 2.75) is 32.2 Å². The number of rotatable bonds is 4. The highest BCUT2D eigenvalue weighted by Crippen LogP contribution is 2.25. The van der Waals surface area contributed by atoms with Crippen molar-refractivity contribution >= 4 is 11.8 Å². The van der Waals surface area contributed by atoms with E-state index in [2.05, 4.69) is 4.98 Å². The molecule has 1 aromatic carbocycles. The highest BCUT2D eigenvalue weighted by Gasteiger charge is 2.44. The van der Waals surface area contributed by atoms with Crippen molar-refractivity contribution in [2.24, 2.45) is 0 Å². The van der Waals surface area contributed by atoms with Crippen LogP contribution in [0.2, 0.25) is 0 Å². The maximum absolute atomic E-state index is 12.7. The quantitative estimate of drug-likeness (QED) is 0.816. The van der Waals surface area contributed by atoms with Crippen LogP contribution in [0.4, 0.5) is 0 Å². The van der Waals surface area contributed by atoms with Gasteiger partial charge in [0, 0.05) is 32.0 Å². The Bertz CT molecular complexity index is 804. The van der Waals surface area contributed by atoms with Gasteiger partial charge >= 0.3 is 0 Å². The lowest BCUT2D eigenvalue weighted by molar-refractivity contribution is -0.153. The summed E-state index contributed by atoms with van der Waals surface area (Å²) in [6.07, 6.45) is 3.37. The second-order valence-electron chi connectivity index (χ2n) is 6.83. The van der Waals surface area contributed by atoms with Crippen LogP contribution in [-0.4, -0.2) is 63.0 Å². The van der Waals surface area contributed by atoms with Gasteiger partial charge in [-0.25, -0.2) is 4.98 Å². The first-order chi connectivity index (χ1) is 12.6. The summed E-state index contributed by atoms with van der Waals surface area (Å²) in [7, 11) is 0. The zero-order chi connectivity index (χ0) is 18.1. The summed E-state index contributed by atoms with van der Waals surface area (Å²) < 4.78 is 7.55. The molecule has 2 amide bonds. The van der Waals surface area contributed by atoms with E-state index in [4.69, 9.17) is 4.74 Å². The van der Waals surface area contributed by atoms with Crippen LogP contribution in [0.15, 0.2) is 42.7 Å². The number of morpholine rings is 1. The molecule has 7 nitrogen and oxygen atoms in total. The molecule has 0 bridgehead atoms. The van der Waals surface area contributed by atoms with Crippen LogP contribution >= 0.6 is 0 Å². The molecular weight excluding hydrogens is 332 g/mol. The van der Waals surface area contributed by atoms with Gasteiger partial charge < -0.3 is 19.1 Å². The molecule has 2 fully saturated rings. The molecule has 2 aromatic rings. The van der Waals surface area contributed by atoms with E-state index in [9.17, 15) is 9.59 Å². The Kier molecular flexibility index (Phi) is 4.46. The Morgan fingerprint density at radius 2 is 2.08 bits per heavy atom. The van der Waals surface area contributed by atoms with Gasteiger partial charge in [-0.15, -0.1) is 0 Å². The van der Waals surface area contributed by atoms with Crippen LogP contribution in [0.3, 0.4) is 0 Å². The minimum absolute atomic E-state index is 0.0187. The summed E-state index contributed by atoms with van der Waals surface area (Å²) in [5.74, 6) is 0.818. The van der Waals surface area contributed by atoms with E-state index < -0.39 is 0 Å². The first-order valence-electron chi connectivity index (χ1n) is 8.82. The van der Waals surface area contributed by atoms with Crippen molar-refractivity contribution in [3.8, 4) is 0 Å². The molecule has 0 N–H and O–H groups in total. The summed E-state index contributed by atoms with van der Waals surface area (Å²) in [6, 6.07) is 9.83. The standard InChI is InChI=1S/C19H22N4O3/c1-14-20-7-8-21(14)12-18(24)22-10-16-17(11-22)26-13-19(25)23(16)9-15-5-3-2-4-6-15/h2-8,16-17H,9-13H2,1H3/t16-,17-/m0/s1. The van der Waals surface area contributed by atoms with E-state index in [-0.39, 0.29) is 37.1 Å². The summed E-state index contributed by atoms with van der Waals surface area (Å²) in [4.78, 5) is 32.9. The Morgan fingerprint density at radius 3 is 2.81 bits per heavy atom. The topological polar surface area (TPSA) is 67.7 Å². The molecule has 2 aliphatic rings. The molecule has 0 spiro atoms. The molecule has 136 valence electrons. The second-order valence-corrected chi connectivity index (χ2v) is 6.83. The molecule has 2 aliphatic heterocycles. The van der Waals surface area contributed by atoms with Gasteiger partial charge in [-0.3, -0.25) is 9.59 Å². The molecule has 2 atom stereocenters. The zero-order valence-electron chi connectivity index (χ0n) is 14.7. The van der Waals surface area contributed by atoms with E-state index in [1.807, 2.05) is 46.7 Å². The number of aryl methyl sites for hydroxylation is 1. The number of likely N-dealkylation sites (tertiary alicyclic amines) is 1. The van der Waals surface area contributed by atoms with E-state index in [1.54, 1.807) is 17.3 Å². The van der Waals surface area contributed by atoms with Crippen LogP contribution < -0.4 is 0 Å². The van der Waals surface area contributed by atoms with Gasteiger partial charge in [0.1, 0.15) is 19.0 Å². The van der Waals surface area contributed by atoms with Crippen molar-refractivity contribution in [2.75, 3.05) is 19.7 Å². The predicted octanol–water partition coefficient (Wildman–Crippen LogP) is 0.830. The van der Waals surface area contributed by atoms with Gasteiger partial charge in [-0.2, -0.15) is 0 Å². The number of ether oxygens (including phenoxy) is 1. The molecule has 7 heteroatoms. The van der Waals surface area contributed by atoms with E-state index >= 15 is 0 Å². The fraction of sp³-hybridized carbons (Fsp3) is 0.421. The first kappa shape index (κ1) is 16.8. The minimum Gasteiger partial charge on any atom is -0.364 e. The minimum atomic E-state index is -0.121. The van der Waals surface area contributed by atoms with Crippen LogP contribution in [0, 0.1) is 6.92 Å². The Balaban J connectivity index is 1.46.